The van der Waals surface area contributed by atoms with Gasteiger partial charge in [-0.1, -0.05) is 46.8 Å². The summed E-state index contributed by atoms with van der Waals surface area (Å²) in [6, 6.07) is 9.21. The number of aryl methyl sites for hydroxylation is 2. The van der Waals surface area contributed by atoms with Gasteiger partial charge in [0.25, 0.3) is 5.56 Å². The number of carboxylic acid groups (broad SMARTS) is 1. The molecule has 2 N–H and O–H groups in total. The maximum atomic E-state index is 13.2. The Bertz CT molecular complexity index is 1340. The molecule has 1 aromatic heterocycles. The number of pyridine rings is 1. The second kappa shape index (κ2) is 9.82. The number of aromatic amines is 1. The average molecular weight is 479 g/mol. The van der Waals surface area contributed by atoms with Crippen LogP contribution in [0.5, 0.6) is 5.75 Å². The van der Waals surface area contributed by atoms with Crippen LogP contribution in [0.1, 0.15) is 42.4 Å². The zero-order valence-electron chi connectivity index (χ0n) is 19.3. The summed E-state index contributed by atoms with van der Waals surface area (Å²) in [5.41, 5.74) is 3.96. The van der Waals surface area contributed by atoms with Crippen LogP contribution in [0.3, 0.4) is 0 Å². The van der Waals surface area contributed by atoms with Gasteiger partial charge < -0.3 is 19.7 Å². The minimum atomic E-state index is -0.907. The van der Waals surface area contributed by atoms with E-state index in [0.29, 0.717) is 45.8 Å². The fourth-order valence-electron chi connectivity index (χ4n) is 4.78. The molecule has 1 aliphatic rings. The van der Waals surface area contributed by atoms with Gasteiger partial charge in [-0.3, -0.25) is 4.79 Å². The Balaban J connectivity index is 1.79. The number of aromatic nitrogens is 1. The number of carbonyl (C=O) groups is 1. The van der Waals surface area contributed by atoms with E-state index in [9.17, 15) is 14.7 Å². The Hall–Kier alpha value is -3.43. The molecule has 0 bridgehead atoms. The molecule has 0 aliphatic carbocycles. The van der Waals surface area contributed by atoms with Crippen molar-refractivity contribution < 1.29 is 14.6 Å². The lowest BCUT2D eigenvalue weighted by Gasteiger charge is -2.33. The standard InChI is InChI=1S/C27H27ClN2O4/c1-4-18-14-21-23(15-22(18)28)29-26(31)24(19-12-16(2)11-17(3)13-19)25(21)34-10-8-20-7-5-6-9-30(20)27(32)33/h1,11-15,20H,5-10H2,2-3H3,(H,29,31)(H,32,33). The molecule has 1 unspecified atom stereocenters. The minimum Gasteiger partial charge on any atom is -0.492 e. The molecule has 4 rings (SSSR count). The van der Waals surface area contributed by atoms with Crippen molar-refractivity contribution in [3.63, 3.8) is 0 Å². The van der Waals surface area contributed by atoms with Crippen LogP contribution < -0.4 is 10.3 Å². The highest BCUT2D eigenvalue weighted by Crippen LogP contribution is 2.36. The summed E-state index contributed by atoms with van der Waals surface area (Å²) in [6.45, 7) is 4.75. The number of nitrogens with zero attached hydrogens (tertiary/aromatic N) is 1. The molecule has 176 valence electrons. The third-order valence-corrected chi connectivity index (χ3v) is 6.60. The van der Waals surface area contributed by atoms with Gasteiger partial charge in [-0.15, -0.1) is 6.42 Å². The first-order chi connectivity index (χ1) is 16.3. The lowest BCUT2D eigenvalue weighted by atomic mass is 9.98. The van der Waals surface area contributed by atoms with Crippen LogP contribution in [0.2, 0.25) is 5.02 Å². The van der Waals surface area contributed by atoms with Gasteiger partial charge >= 0.3 is 6.09 Å². The molecule has 1 amide bonds. The van der Waals surface area contributed by atoms with E-state index in [-0.39, 0.29) is 18.2 Å². The predicted molar refractivity (Wildman–Crippen MR) is 135 cm³/mol. The molecule has 1 atom stereocenters. The Labute approximate surface area is 203 Å². The minimum absolute atomic E-state index is 0.111. The molecule has 1 fully saturated rings. The lowest BCUT2D eigenvalue weighted by molar-refractivity contribution is 0.0969. The first-order valence-electron chi connectivity index (χ1n) is 11.4. The van der Waals surface area contributed by atoms with Gasteiger partial charge in [0.2, 0.25) is 0 Å². The highest BCUT2D eigenvalue weighted by molar-refractivity contribution is 6.32. The molecule has 7 heteroatoms. The van der Waals surface area contributed by atoms with Crippen LogP contribution in [0.4, 0.5) is 4.79 Å². The molecule has 0 spiro atoms. The third kappa shape index (κ3) is 4.76. The van der Waals surface area contributed by atoms with Gasteiger partial charge in [0.1, 0.15) is 5.75 Å². The van der Waals surface area contributed by atoms with Gasteiger partial charge in [-0.2, -0.15) is 0 Å². The third-order valence-electron chi connectivity index (χ3n) is 6.29. The summed E-state index contributed by atoms with van der Waals surface area (Å²) in [5, 5.41) is 10.6. The van der Waals surface area contributed by atoms with Crippen LogP contribution >= 0.6 is 11.6 Å². The molecular weight excluding hydrogens is 452 g/mol. The number of piperidine rings is 1. The number of likely N-dealkylation sites (tertiary alicyclic amines) is 1. The van der Waals surface area contributed by atoms with Gasteiger partial charge in [0.05, 0.1) is 22.7 Å². The highest BCUT2D eigenvalue weighted by atomic mass is 35.5. The molecule has 6 nitrogen and oxygen atoms in total. The Morgan fingerprint density at radius 3 is 2.65 bits per heavy atom. The number of halogens is 1. The number of fused-ring (bicyclic) bond motifs is 1. The largest absolute Gasteiger partial charge is 0.492 e. The summed E-state index contributed by atoms with van der Waals surface area (Å²) in [5.74, 6) is 3.01. The Morgan fingerprint density at radius 2 is 1.97 bits per heavy atom. The maximum Gasteiger partial charge on any atom is 0.407 e. The van der Waals surface area contributed by atoms with Crippen molar-refractivity contribution in [1.29, 1.82) is 0 Å². The van der Waals surface area contributed by atoms with Crippen molar-refractivity contribution in [1.82, 2.24) is 9.88 Å². The fourth-order valence-corrected chi connectivity index (χ4v) is 5.00. The fraction of sp³-hybridized carbons (Fsp3) is 0.333. The smallest absolute Gasteiger partial charge is 0.407 e. The number of terminal acetylenes is 1. The predicted octanol–water partition coefficient (Wildman–Crippen LogP) is 5.75. The number of rotatable bonds is 5. The van der Waals surface area contributed by atoms with Crippen molar-refractivity contribution in [3.8, 4) is 29.2 Å². The second-order valence-corrected chi connectivity index (χ2v) is 9.23. The summed E-state index contributed by atoms with van der Waals surface area (Å²) in [6.07, 6.45) is 7.92. The zero-order valence-corrected chi connectivity index (χ0v) is 20.0. The van der Waals surface area contributed by atoms with E-state index in [1.54, 1.807) is 12.1 Å². The molecule has 1 saturated heterocycles. The number of ether oxygens (including phenoxy) is 1. The van der Waals surface area contributed by atoms with Crippen LogP contribution in [0, 0.1) is 26.2 Å². The topological polar surface area (TPSA) is 82.6 Å². The molecule has 3 aromatic rings. The first-order valence-corrected chi connectivity index (χ1v) is 11.7. The number of hydrogen-bond acceptors (Lipinski definition) is 3. The van der Waals surface area contributed by atoms with Crippen molar-refractivity contribution in [2.75, 3.05) is 13.2 Å². The highest BCUT2D eigenvalue weighted by Gasteiger charge is 2.26. The summed E-state index contributed by atoms with van der Waals surface area (Å²) >= 11 is 6.29. The van der Waals surface area contributed by atoms with Crippen molar-refractivity contribution in [2.24, 2.45) is 0 Å². The van der Waals surface area contributed by atoms with E-state index in [1.807, 2.05) is 32.0 Å². The van der Waals surface area contributed by atoms with Gasteiger partial charge in [0, 0.05) is 30.0 Å². The molecule has 0 radical (unpaired) electrons. The second-order valence-electron chi connectivity index (χ2n) is 8.82. The molecule has 0 saturated carbocycles. The van der Waals surface area contributed by atoms with Crippen LogP contribution in [0.25, 0.3) is 22.0 Å². The maximum absolute atomic E-state index is 13.2. The van der Waals surface area contributed by atoms with Gasteiger partial charge in [-0.25, -0.2) is 4.79 Å². The van der Waals surface area contributed by atoms with E-state index in [2.05, 4.69) is 10.9 Å². The van der Waals surface area contributed by atoms with E-state index < -0.39 is 6.09 Å². The Kier molecular flexibility index (Phi) is 6.85. The van der Waals surface area contributed by atoms with Gasteiger partial charge in [-0.05, 0) is 50.8 Å². The van der Waals surface area contributed by atoms with Crippen molar-refractivity contribution in [2.45, 2.75) is 45.6 Å². The van der Waals surface area contributed by atoms with Crippen molar-refractivity contribution >= 4 is 28.6 Å². The number of nitrogens with one attached hydrogen (secondary N) is 1. The molecular formula is C27H27ClN2O4. The number of benzene rings is 2. The van der Waals surface area contributed by atoms with E-state index in [0.717, 1.165) is 36.0 Å². The van der Waals surface area contributed by atoms with E-state index in [4.69, 9.17) is 22.8 Å². The molecule has 2 aromatic carbocycles. The van der Waals surface area contributed by atoms with Crippen molar-refractivity contribution in [3.05, 3.63) is 62.4 Å². The summed E-state index contributed by atoms with van der Waals surface area (Å²) in [4.78, 5) is 29.3. The summed E-state index contributed by atoms with van der Waals surface area (Å²) < 4.78 is 6.28. The monoisotopic (exact) mass is 478 g/mol. The normalized spacial score (nSPS) is 15.8. The number of amides is 1. The van der Waals surface area contributed by atoms with Crippen LogP contribution in [-0.2, 0) is 0 Å². The number of hydrogen-bond donors (Lipinski definition) is 2. The first kappa shape index (κ1) is 23.7. The number of H-pyrrole nitrogens is 1. The Morgan fingerprint density at radius 1 is 1.24 bits per heavy atom. The van der Waals surface area contributed by atoms with Crippen LogP contribution in [-0.4, -0.2) is 40.3 Å². The molecule has 2 heterocycles. The van der Waals surface area contributed by atoms with Crippen LogP contribution in [0.15, 0.2) is 35.1 Å². The zero-order chi connectivity index (χ0) is 24.4. The quantitative estimate of drug-likeness (QED) is 0.457. The lowest BCUT2D eigenvalue weighted by Crippen LogP contribution is -2.43. The SMILES string of the molecule is C#Cc1cc2c(OCCC3CCCCN3C(=O)O)c(-c3cc(C)cc(C)c3)c(=O)[nH]c2cc1Cl. The molecule has 34 heavy (non-hydrogen) atoms. The van der Waals surface area contributed by atoms with E-state index >= 15 is 0 Å². The van der Waals surface area contributed by atoms with Gasteiger partial charge in [0.15, 0.2) is 0 Å². The average Bonchev–Trinajstić information content (AvgIpc) is 2.78. The van der Waals surface area contributed by atoms with E-state index in [1.165, 1.54) is 4.90 Å². The molecule has 1 aliphatic heterocycles. The summed E-state index contributed by atoms with van der Waals surface area (Å²) in [7, 11) is 0.